The molecule has 0 bridgehead atoms. The summed E-state index contributed by atoms with van der Waals surface area (Å²) >= 11 is 0. The third-order valence-electron chi connectivity index (χ3n) is 3.47. The number of guanidine groups is 1. The van der Waals surface area contributed by atoms with Crippen LogP contribution in [0.2, 0.25) is 0 Å². The van der Waals surface area contributed by atoms with Crippen LogP contribution in [0.1, 0.15) is 31.0 Å². The molecular formula is C17H22N4O2S. The van der Waals surface area contributed by atoms with Gasteiger partial charge in [-0.1, -0.05) is 32.0 Å². The van der Waals surface area contributed by atoms with Gasteiger partial charge in [0.05, 0.1) is 4.90 Å². The first-order valence-corrected chi connectivity index (χ1v) is 9.19. The molecule has 0 aliphatic carbocycles. The zero-order valence-electron chi connectivity index (χ0n) is 13.8. The van der Waals surface area contributed by atoms with E-state index in [1.807, 2.05) is 32.0 Å². The highest BCUT2D eigenvalue weighted by Gasteiger charge is 2.15. The van der Waals surface area contributed by atoms with Gasteiger partial charge in [0, 0.05) is 24.9 Å². The summed E-state index contributed by atoms with van der Waals surface area (Å²) in [5.41, 5.74) is 7.63. The van der Waals surface area contributed by atoms with Crippen LogP contribution in [0, 0.1) is 0 Å². The highest BCUT2D eigenvalue weighted by atomic mass is 32.2. The Hall–Kier alpha value is -2.41. The molecule has 1 aromatic heterocycles. The van der Waals surface area contributed by atoms with E-state index in [9.17, 15) is 8.42 Å². The number of pyridine rings is 1. The molecule has 0 fully saturated rings. The maximum absolute atomic E-state index is 12.3. The van der Waals surface area contributed by atoms with Crippen LogP contribution in [-0.2, 0) is 16.4 Å². The average molecular weight is 346 g/mol. The van der Waals surface area contributed by atoms with Gasteiger partial charge in [-0.3, -0.25) is 9.98 Å². The third-order valence-corrected chi connectivity index (χ3v) is 4.84. The van der Waals surface area contributed by atoms with E-state index in [0.29, 0.717) is 18.9 Å². The predicted octanol–water partition coefficient (Wildman–Crippen LogP) is 2.04. The Balaban J connectivity index is 1.98. The van der Waals surface area contributed by atoms with E-state index >= 15 is 0 Å². The summed E-state index contributed by atoms with van der Waals surface area (Å²) in [6.45, 7) is 4.46. The van der Waals surface area contributed by atoms with Crippen LogP contribution >= 0.6 is 0 Å². The van der Waals surface area contributed by atoms with Crippen LogP contribution in [0.25, 0.3) is 0 Å². The van der Waals surface area contributed by atoms with Gasteiger partial charge in [-0.25, -0.2) is 13.1 Å². The van der Waals surface area contributed by atoms with Gasteiger partial charge in [-0.05, 0) is 35.7 Å². The number of sulfonamides is 1. The number of hydrogen-bond donors (Lipinski definition) is 2. The molecule has 128 valence electrons. The van der Waals surface area contributed by atoms with Gasteiger partial charge in [0.15, 0.2) is 0 Å². The fourth-order valence-electron chi connectivity index (χ4n) is 2.10. The Labute approximate surface area is 142 Å². The smallest absolute Gasteiger partial charge is 0.264 e. The fourth-order valence-corrected chi connectivity index (χ4v) is 3.05. The molecule has 0 radical (unpaired) electrons. The summed E-state index contributed by atoms with van der Waals surface area (Å²) in [5, 5.41) is 0. The van der Waals surface area contributed by atoms with Crippen LogP contribution in [0.5, 0.6) is 0 Å². The highest BCUT2D eigenvalue weighted by Crippen LogP contribution is 2.17. The molecule has 7 heteroatoms. The maximum atomic E-state index is 12.3. The van der Waals surface area contributed by atoms with E-state index < -0.39 is 10.0 Å². The Bertz CT molecular complexity index is 785. The average Bonchev–Trinajstić information content (AvgIpc) is 2.55. The number of aromatic nitrogens is 1. The summed E-state index contributed by atoms with van der Waals surface area (Å²) in [4.78, 5) is 8.37. The van der Waals surface area contributed by atoms with Crippen molar-refractivity contribution in [2.45, 2.75) is 31.1 Å². The van der Waals surface area contributed by atoms with Gasteiger partial charge in [-0.15, -0.1) is 0 Å². The molecule has 0 saturated carbocycles. The number of benzene rings is 1. The molecule has 0 spiro atoms. The van der Waals surface area contributed by atoms with Gasteiger partial charge in [0.25, 0.3) is 10.0 Å². The minimum absolute atomic E-state index is 0.126. The van der Waals surface area contributed by atoms with Crippen molar-refractivity contribution in [1.82, 2.24) is 9.71 Å². The Morgan fingerprint density at radius 3 is 2.50 bits per heavy atom. The van der Waals surface area contributed by atoms with Crippen LogP contribution in [0.15, 0.2) is 58.5 Å². The lowest BCUT2D eigenvalue weighted by molar-refractivity contribution is 0.592. The molecule has 2 aromatic rings. The minimum Gasteiger partial charge on any atom is -0.369 e. The van der Waals surface area contributed by atoms with Gasteiger partial charge in [0.1, 0.15) is 0 Å². The first kappa shape index (κ1) is 17.9. The molecule has 0 saturated heterocycles. The third kappa shape index (κ3) is 5.06. The number of hydrogen-bond acceptors (Lipinski definition) is 4. The topological polar surface area (TPSA) is 97.4 Å². The molecule has 0 aliphatic heterocycles. The lowest BCUT2D eigenvalue weighted by atomic mass is 10.0. The summed E-state index contributed by atoms with van der Waals surface area (Å²) < 4.78 is 26.8. The maximum Gasteiger partial charge on any atom is 0.264 e. The Morgan fingerprint density at radius 2 is 1.92 bits per heavy atom. The Morgan fingerprint density at radius 1 is 1.21 bits per heavy atom. The SMILES string of the molecule is CC(C)c1ccc(S(=O)(=O)NC(N)=NCCc2ccccn2)cc1. The van der Waals surface area contributed by atoms with E-state index in [2.05, 4.69) is 14.7 Å². The quantitative estimate of drug-likeness (QED) is 0.618. The number of nitrogens with two attached hydrogens (primary N) is 1. The highest BCUT2D eigenvalue weighted by molar-refractivity contribution is 7.90. The molecule has 6 nitrogen and oxygen atoms in total. The summed E-state index contributed by atoms with van der Waals surface area (Å²) in [7, 11) is -3.72. The molecule has 1 heterocycles. The molecule has 2 rings (SSSR count). The standard InChI is InChI=1S/C17H22N4O2S/c1-13(2)14-6-8-16(9-7-14)24(22,23)21-17(18)20-12-10-15-5-3-4-11-19-15/h3-9,11,13H,10,12H2,1-2H3,(H3,18,20,21). The van der Waals surface area contributed by atoms with Gasteiger partial charge in [-0.2, -0.15) is 0 Å². The van der Waals surface area contributed by atoms with Crippen LogP contribution in [0.3, 0.4) is 0 Å². The van der Waals surface area contributed by atoms with Crippen molar-refractivity contribution in [3.8, 4) is 0 Å². The molecule has 0 aliphatic rings. The second-order valence-corrected chi connectivity index (χ2v) is 7.35. The van der Waals surface area contributed by atoms with Gasteiger partial charge < -0.3 is 5.73 Å². The van der Waals surface area contributed by atoms with E-state index in [1.54, 1.807) is 30.5 Å². The normalized spacial score (nSPS) is 12.4. The van der Waals surface area contributed by atoms with Crippen molar-refractivity contribution in [1.29, 1.82) is 0 Å². The largest absolute Gasteiger partial charge is 0.369 e. The molecule has 0 amide bonds. The van der Waals surface area contributed by atoms with Crippen molar-refractivity contribution < 1.29 is 8.42 Å². The lowest BCUT2D eigenvalue weighted by Crippen LogP contribution is -2.37. The second-order valence-electron chi connectivity index (χ2n) is 5.67. The summed E-state index contributed by atoms with van der Waals surface area (Å²) in [6.07, 6.45) is 2.29. The van der Waals surface area contributed by atoms with E-state index in [1.165, 1.54) is 0 Å². The molecule has 24 heavy (non-hydrogen) atoms. The molecule has 1 aromatic carbocycles. The zero-order valence-corrected chi connectivity index (χ0v) is 14.6. The molecule has 0 unspecified atom stereocenters. The first-order valence-electron chi connectivity index (χ1n) is 7.71. The summed E-state index contributed by atoms with van der Waals surface area (Å²) in [5.74, 6) is 0.215. The number of nitrogens with one attached hydrogen (secondary N) is 1. The number of nitrogens with zero attached hydrogens (tertiary/aromatic N) is 2. The monoisotopic (exact) mass is 346 g/mol. The molecular weight excluding hydrogens is 324 g/mol. The molecule has 3 N–H and O–H groups in total. The summed E-state index contributed by atoms with van der Waals surface area (Å²) in [6, 6.07) is 12.3. The number of aliphatic imine (C=N–C) groups is 1. The van der Waals surface area contributed by atoms with E-state index in [-0.39, 0.29) is 10.9 Å². The van der Waals surface area contributed by atoms with Crippen molar-refractivity contribution >= 4 is 16.0 Å². The predicted molar refractivity (Wildman–Crippen MR) is 95.3 cm³/mol. The molecule has 0 atom stereocenters. The fraction of sp³-hybridized carbons (Fsp3) is 0.294. The van der Waals surface area contributed by atoms with E-state index in [0.717, 1.165) is 11.3 Å². The van der Waals surface area contributed by atoms with Crippen LogP contribution in [-0.4, -0.2) is 25.9 Å². The van der Waals surface area contributed by atoms with Crippen molar-refractivity contribution in [3.63, 3.8) is 0 Å². The zero-order chi connectivity index (χ0) is 17.6. The van der Waals surface area contributed by atoms with Gasteiger partial charge in [0.2, 0.25) is 5.96 Å². The number of rotatable bonds is 6. The minimum atomic E-state index is -3.72. The van der Waals surface area contributed by atoms with Gasteiger partial charge >= 0.3 is 0 Å². The van der Waals surface area contributed by atoms with Crippen LogP contribution in [0.4, 0.5) is 0 Å². The van der Waals surface area contributed by atoms with Crippen molar-refractivity contribution in [2.24, 2.45) is 10.7 Å². The van der Waals surface area contributed by atoms with Crippen molar-refractivity contribution in [3.05, 3.63) is 59.9 Å². The van der Waals surface area contributed by atoms with Crippen molar-refractivity contribution in [2.75, 3.05) is 6.54 Å². The first-order chi connectivity index (χ1) is 11.4. The van der Waals surface area contributed by atoms with Crippen LogP contribution < -0.4 is 10.5 Å². The lowest BCUT2D eigenvalue weighted by Gasteiger charge is -2.09. The second kappa shape index (κ2) is 7.92. The Kier molecular flexibility index (Phi) is 5.92. The van der Waals surface area contributed by atoms with E-state index in [4.69, 9.17) is 5.73 Å².